The smallest absolute Gasteiger partial charge is 0.244 e. The standard InChI is InChI=1S/C20H19N3O3/c24-19(21-14-7-8-17-18(11-14)26-10-9-25-17)12-23-16-4-2-1-3-15(16)22-20(23)13-5-6-13/h1-4,7-8,11,13H,5-6,9-10,12H2,(H,21,24). The van der Waals surface area contributed by atoms with E-state index in [1.165, 1.54) is 0 Å². The molecule has 0 unspecified atom stereocenters. The minimum Gasteiger partial charge on any atom is -0.486 e. The van der Waals surface area contributed by atoms with E-state index in [0.29, 0.717) is 36.3 Å². The number of carbonyl (C=O) groups is 1. The van der Waals surface area contributed by atoms with Crippen LogP contribution in [0.2, 0.25) is 0 Å². The molecule has 3 aromatic rings. The van der Waals surface area contributed by atoms with Gasteiger partial charge in [0.15, 0.2) is 11.5 Å². The van der Waals surface area contributed by atoms with Crippen molar-refractivity contribution >= 4 is 22.6 Å². The number of ether oxygens (including phenoxy) is 2. The Labute approximate surface area is 150 Å². The zero-order valence-corrected chi connectivity index (χ0v) is 14.3. The number of amides is 1. The van der Waals surface area contributed by atoms with Crippen LogP contribution in [0, 0.1) is 0 Å². The number of aromatic nitrogens is 2. The van der Waals surface area contributed by atoms with Crippen molar-refractivity contribution in [1.82, 2.24) is 9.55 Å². The number of para-hydroxylation sites is 2. The van der Waals surface area contributed by atoms with Crippen LogP contribution in [-0.4, -0.2) is 28.7 Å². The maximum atomic E-state index is 12.7. The third-order valence-electron chi connectivity index (χ3n) is 4.75. The highest BCUT2D eigenvalue weighted by Crippen LogP contribution is 2.40. The van der Waals surface area contributed by atoms with Crippen LogP contribution >= 0.6 is 0 Å². The molecule has 0 spiro atoms. The predicted molar refractivity (Wildman–Crippen MR) is 97.8 cm³/mol. The number of fused-ring (bicyclic) bond motifs is 2. The molecule has 1 fully saturated rings. The van der Waals surface area contributed by atoms with E-state index in [1.54, 1.807) is 6.07 Å². The van der Waals surface area contributed by atoms with Crippen molar-refractivity contribution in [2.24, 2.45) is 0 Å². The Morgan fingerprint density at radius 2 is 1.92 bits per heavy atom. The van der Waals surface area contributed by atoms with E-state index in [-0.39, 0.29) is 12.5 Å². The molecule has 132 valence electrons. The van der Waals surface area contributed by atoms with Gasteiger partial charge in [0.2, 0.25) is 5.91 Å². The molecule has 1 aromatic heterocycles. The van der Waals surface area contributed by atoms with Crippen LogP contribution in [0.25, 0.3) is 11.0 Å². The summed E-state index contributed by atoms with van der Waals surface area (Å²) >= 11 is 0. The number of nitrogens with one attached hydrogen (secondary N) is 1. The third-order valence-corrected chi connectivity index (χ3v) is 4.75. The first-order chi connectivity index (χ1) is 12.8. The molecule has 26 heavy (non-hydrogen) atoms. The van der Waals surface area contributed by atoms with Crippen LogP contribution in [0.3, 0.4) is 0 Å². The first-order valence-electron chi connectivity index (χ1n) is 8.92. The van der Waals surface area contributed by atoms with E-state index in [0.717, 1.165) is 29.7 Å². The Kier molecular flexibility index (Phi) is 3.55. The molecule has 1 amide bonds. The van der Waals surface area contributed by atoms with Crippen LogP contribution in [0.15, 0.2) is 42.5 Å². The Morgan fingerprint density at radius 3 is 2.77 bits per heavy atom. The lowest BCUT2D eigenvalue weighted by molar-refractivity contribution is -0.116. The molecule has 1 N–H and O–H groups in total. The molecule has 1 aliphatic carbocycles. The zero-order chi connectivity index (χ0) is 17.5. The van der Waals surface area contributed by atoms with Gasteiger partial charge in [-0.2, -0.15) is 0 Å². The molecule has 0 atom stereocenters. The van der Waals surface area contributed by atoms with Crippen LogP contribution in [0.4, 0.5) is 5.69 Å². The molecule has 0 saturated heterocycles. The molecule has 2 aliphatic rings. The Hall–Kier alpha value is -3.02. The number of carbonyl (C=O) groups excluding carboxylic acids is 1. The quantitative estimate of drug-likeness (QED) is 0.785. The molecule has 6 heteroatoms. The van der Waals surface area contributed by atoms with Gasteiger partial charge in [0.25, 0.3) is 0 Å². The van der Waals surface area contributed by atoms with Crippen LogP contribution < -0.4 is 14.8 Å². The Morgan fingerprint density at radius 1 is 1.12 bits per heavy atom. The third kappa shape index (κ3) is 2.77. The lowest BCUT2D eigenvalue weighted by atomic mass is 10.2. The summed E-state index contributed by atoms with van der Waals surface area (Å²) in [7, 11) is 0. The molecular weight excluding hydrogens is 330 g/mol. The van der Waals surface area contributed by atoms with Crippen molar-refractivity contribution < 1.29 is 14.3 Å². The number of hydrogen-bond acceptors (Lipinski definition) is 4. The largest absolute Gasteiger partial charge is 0.486 e. The molecule has 1 saturated carbocycles. The van der Waals surface area contributed by atoms with Gasteiger partial charge in [-0.3, -0.25) is 4.79 Å². The van der Waals surface area contributed by atoms with Gasteiger partial charge in [-0.1, -0.05) is 12.1 Å². The number of rotatable bonds is 4. The highest BCUT2D eigenvalue weighted by atomic mass is 16.6. The molecule has 0 radical (unpaired) electrons. The maximum absolute atomic E-state index is 12.7. The average molecular weight is 349 g/mol. The summed E-state index contributed by atoms with van der Waals surface area (Å²) in [6.45, 7) is 1.33. The van der Waals surface area contributed by atoms with Gasteiger partial charge in [-0.15, -0.1) is 0 Å². The monoisotopic (exact) mass is 349 g/mol. The first kappa shape index (κ1) is 15.3. The topological polar surface area (TPSA) is 65.4 Å². The van der Waals surface area contributed by atoms with Gasteiger partial charge in [0.1, 0.15) is 25.6 Å². The normalized spacial score (nSPS) is 15.8. The predicted octanol–water partition coefficient (Wildman–Crippen LogP) is 3.32. The Balaban J connectivity index is 1.39. The minimum atomic E-state index is -0.0771. The number of imidazole rings is 1. The Bertz CT molecular complexity index is 991. The van der Waals surface area contributed by atoms with Gasteiger partial charge in [0, 0.05) is 17.7 Å². The number of hydrogen-bond donors (Lipinski definition) is 1. The second-order valence-electron chi connectivity index (χ2n) is 6.73. The summed E-state index contributed by atoms with van der Waals surface area (Å²) in [5, 5.41) is 2.96. The fraction of sp³-hybridized carbons (Fsp3) is 0.300. The number of nitrogens with zero attached hydrogens (tertiary/aromatic N) is 2. The van der Waals surface area contributed by atoms with Gasteiger partial charge < -0.3 is 19.4 Å². The minimum absolute atomic E-state index is 0.0771. The van der Waals surface area contributed by atoms with Crippen molar-refractivity contribution in [3.63, 3.8) is 0 Å². The van der Waals surface area contributed by atoms with Gasteiger partial charge in [0.05, 0.1) is 11.0 Å². The summed E-state index contributed by atoms with van der Waals surface area (Å²) in [4.78, 5) is 17.4. The molecular formula is C20H19N3O3. The van der Waals surface area contributed by atoms with Crippen molar-refractivity contribution in [2.45, 2.75) is 25.3 Å². The second kappa shape index (κ2) is 6.05. The van der Waals surface area contributed by atoms with Gasteiger partial charge in [-0.05, 0) is 37.1 Å². The van der Waals surface area contributed by atoms with Crippen molar-refractivity contribution in [1.29, 1.82) is 0 Å². The molecule has 1 aliphatic heterocycles. The van der Waals surface area contributed by atoms with E-state index >= 15 is 0 Å². The highest BCUT2D eigenvalue weighted by molar-refractivity contribution is 5.92. The summed E-state index contributed by atoms with van der Waals surface area (Å²) in [5.41, 5.74) is 2.66. The van der Waals surface area contributed by atoms with Crippen molar-refractivity contribution in [2.75, 3.05) is 18.5 Å². The average Bonchev–Trinajstić information content (AvgIpc) is 3.45. The van der Waals surface area contributed by atoms with E-state index in [2.05, 4.69) is 5.32 Å². The second-order valence-corrected chi connectivity index (χ2v) is 6.73. The zero-order valence-electron chi connectivity index (χ0n) is 14.3. The van der Waals surface area contributed by atoms with Gasteiger partial charge in [-0.25, -0.2) is 4.98 Å². The highest BCUT2D eigenvalue weighted by Gasteiger charge is 2.30. The fourth-order valence-corrected chi connectivity index (χ4v) is 3.38. The van der Waals surface area contributed by atoms with Crippen molar-refractivity contribution in [3.8, 4) is 11.5 Å². The number of anilines is 1. The molecule has 0 bridgehead atoms. The first-order valence-corrected chi connectivity index (χ1v) is 8.92. The van der Waals surface area contributed by atoms with E-state index in [1.807, 2.05) is 41.0 Å². The summed E-state index contributed by atoms with van der Waals surface area (Å²) in [5.74, 6) is 2.80. The lowest BCUT2D eigenvalue weighted by Crippen LogP contribution is -2.20. The van der Waals surface area contributed by atoms with Crippen LogP contribution in [0.1, 0.15) is 24.6 Å². The lowest BCUT2D eigenvalue weighted by Gasteiger charge is -2.19. The summed E-state index contributed by atoms with van der Waals surface area (Å²) < 4.78 is 13.1. The summed E-state index contributed by atoms with van der Waals surface area (Å²) in [6.07, 6.45) is 2.29. The van der Waals surface area contributed by atoms with Gasteiger partial charge >= 0.3 is 0 Å². The summed E-state index contributed by atoms with van der Waals surface area (Å²) in [6, 6.07) is 13.4. The van der Waals surface area contributed by atoms with E-state index in [4.69, 9.17) is 14.5 Å². The van der Waals surface area contributed by atoms with E-state index in [9.17, 15) is 4.79 Å². The maximum Gasteiger partial charge on any atom is 0.244 e. The SMILES string of the molecule is O=C(Cn1c(C2CC2)nc2ccccc21)Nc1ccc2c(c1)OCCO2. The molecule has 6 nitrogen and oxygen atoms in total. The van der Waals surface area contributed by atoms with Crippen molar-refractivity contribution in [3.05, 3.63) is 48.3 Å². The molecule has 2 aromatic carbocycles. The molecule has 5 rings (SSSR count). The van der Waals surface area contributed by atoms with E-state index < -0.39 is 0 Å². The molecule has 2 heterocycles. The fourth-order valence-electron chi connectivity index (χ4n) is 3.38. The number of benzene rings is 2. The van der Waals surface area contributed by atoms with Crippen LogP contribution in [-0.2, 0) is 11.3 Å². The van der Waals surface area contributed by atoms with Crippen LogP contribution in [0.5, 0.6) is 11.5 Å².